The van der Waals surface area contributed by atoms with Gasteiger partial charge in [0.05, 0.1) is 6.54 Å². The van der Waals surface area contributed by atoms with Crippen LogP contribution in [0.2, 0.25) is 0 Å². The number of halogens is 4. The smallest absolute Gasteiger partial charge is 0.407 e. The summed E-state index contributed by atoms with van der Waals surface area (Å²) in [7, 11) is 0.835. The average molecular weight is 317 g/mol. The molecule has 0 atom stereocenters. The number of alkyl halides is 4. The number of ether oxygens (including phenoxy) is 3. The Labute approximate surface area is 118 Å². The van der Waals surface area contributed by atoms with Gasteiger partial charge in [-0.05, 0) is 0 Å². The largest absolute Gasteiger partial charge is 0.461 e. The third-order valence-corrected chi connectivity index (χ3v) is 2.03. The minimum atomic E-state index is -4.57. The van der Waals surface area contributed by atoms with E-state index in [-0.39, 0.29) is 13.2 Å². The fraction of sp³-hybridized carbons (Fsp3) is 0.636. The summed E-state index contributed by atoms with van der Waals surface area (Å²) in [6, 6.07) is 0. The van der Waals surface area contributed by atoms with E-state index < -0.39 is 37.1 Å². The second kappa shape index (κ2) is 8.45. The Morgan fingerprint density at radius 3 is 2.24 bits per heavy atom. The molecule has 6 nitrogen and oxygen atoms in total. The molecule has 0 saturated carbocycles. The molecule has 0 aliphatic heterocycles. The van der Waals surface area contributed by atoms with E-state index in [0.29, 0.717) is 0 Å². The molecule has 1 amide bonds. The lowest BCUT2D eigenvalue weighted by molar-refractivity contribution is -0.242. The van der Waals surface area contributed by atoms with Gasteiger partial charge in [-0.25, -0.2) is 9.59 Å². The van der Waals surface area contributed by atoms with E-state index in [0.717, 1.165) is 13.2 Å². The Morgan fingerprint density at radius 2 is 1.71 bits per heavy atom. The van der Waals surface area contributed by atoms with Gasteiger partial charge in [0.15, 0.2) is 6.61 Å². The van der Waals surface area contributed by atoms with E-state index >= 15 is 0 Å². The van der Waals surface area contributed by atoms with Gasteiger partial charge in [0, 0.05) is 13.2 Å². The molecule has 0 aliphatic rings. The number of hydrogen-bond donors (Lipinski definition) is 1. The highest BCUT2D eigenvalue weighted by molar-refractivity contribution is 5.81. The van der Waals surface area contributed by atoms with E-state index in [1.54, 1.807) is 0 Å². The summed E-state index contributed by atoms with van der Waals surface area (Å²) in [5, 5.41) is 1.94. The van der Waals surface area contributed by atoms with Crippen molar-refractivity contribution >= 4 is 12.1 Å². The highest BCUT2D eigenvalue weighted by Gasteiger charge is 2.57. The fourth-order valence-electron chi connectivity index (χ4n) is 0.963. The summed E-state index contributed by atoms with van der Waals surface area (Å²) in [5.74, 6) is -9.78. The van der Waals surface area contributed by atoms with Gasteiger partial charge in [-0.1, -0.05) is 6.58 Å². The molecule has 0 fully saturated rings. The molecule has 122 valence electrons. The summed E-state index contributed by atoms with van der Waals surface area (Å²) in [6.07, 6.45) is -0.464. The van der Waals surface area contributed by atoms with Crippen molar-refractivity contribution in [3.63, 3.8) is 0 Å². The van der Waals surface area contributed by atoms with Crippen LogP contribution in [-0.2, 0) is 19.0 Å². The Morgan fingerprint density at radius 1 is 1.14 bits per heavy atom. The molecule has 0 aromatic rings. The van der Waals surface area contributed by atoms with Crippen LogP contribution < -0.4 is 5.32 Å². The van der Waals surface area contributed by atoms with Gasteiger partial charge in [-0.3, -0.25) is 0 Å². The first-order chi connectivity index (χ1) is 9.66. The average Bonchev–Trinajstić information content (AvgIpc) is 2.40. The summed E-state index contributed by atoms with van der Waals surface area (Å²) < 4.78 is 64.4. The molecular weight excluding hydrogens is 302 g/mol. The summed E-state index contributed by atoms with van der Waals surface area (Å²) in [4.78, 5) is 21.6. The summed E-state index contributed by atoms with van der Waals surface area (Å²) in [6.45, 7) is -0.703. The number of rotatable bonds is 9. The van der Waals surface area contributed by atoms with Crippen molar-refractivity contribution < 1.29 is 41.4 Å². The highest BCUT2D eigenvalue weighted by Crippen LogP contribution is 2.34. The quantitative estimate of drug-likeness (QED) is 0.301. The van der Waals surface area contributed by atoms with Gasteiger partial charge in [0.1, 0.15) is 13.2 Å². The SMILES string of the molecule is C=CC(=O)OCCNC(=O)OCC(F)(F)C(F)(F)COC. The molecular formula is C11H15F4NO5. The Kier molecular flexibility index (Phi) is 7.71. The van der Waals surface area contributed by atoms with Gasteiger partial charge in [-0.15, -0.1) is 0 Å². The standard InChI is InChI=1S/C11H15F4NO5/c1-3-8(17)20-5-4-16-9(18)21-7-11(14,15)10(12,13)6-19-2/h3H,1,4-7H2,2H3,(H,16,18). The normalized spacial score (nSPS) is 11.7. The van der Waals surface area contributed by atoms with Gasteiger partial charge >= 0.3 is 23.9 Å². The highest BCUT2D eigenvalue weighted by atomic mass is 19.3. The molecule has 0 spiro atoms. The number of alkyl carbamates (subject to hydrolysis) is 1. The van der Waals surface area contributed by atoms with Gasteiger partial charge < -0.3 is 19.5 Å². The van der Waals surface area contributed by atoms with Crippen LogP contribution in [0.4, 0.5) is 22.4 Å². The third kappa shape index (κ3) is 6.93. The lowest BCUT2D eigenvalue weighted by atomic mass is 10.2. The van der Waals surface area contributed by atoms with Crippen molar-refractivity contribution in [2.75, 3.05) is 33.5 Å². The maximum Gasteiger partial charge on any atom is 0.407 e. The first-order valence-corrected chi connectivity index (χ1v) is 5.60. The topological polar surface area (TPSA) is 73.9 Å². The first kappa shape index (κ1) is 19.2. The van der Waals surface area contributed by atoms with Gasteiger partial charge in [0.2, 0.25) is 0 Å². The van der Waals surface area contributed by atoms with Crippen molar-refractivity contribution in [2.45, 2.75) is 11.8 Å². The molecule has 1 N–H and O–H groups in total. The van der Waals surface area contributed by atoms with Crippen LogP contribution in [0, 0.1) is 0 Å². The van der Waals surface area contributed by atoms with Crippen LogP contribution in [0.3, 0.4) is 0 Å². The molecule has 10 heteroatoms. The minimum Gasteiger partial charge on any atom is -0.461 e. The lowest BCUT2D eigenvalue weighted by Gasteiger charge is -2.25. The van der Waals surface area contributed by atoms with Gasteiger partial charge in [0.25, 0.3) is 0 Å². The molecule has 0 rings (SSSR count). The minimum absolute atomic E-state index is 0.238. The third-order valence-electron chi connectivity index (χ3n) is 2.03. The number of carbonyl (C=O) groups excluding carboxylic acids is 2. The van der Waals surface area contributed by atoms with Crippen molar-refractivity contribution in [3.05, 3.63) is 12.7 Å². The molecule has 0 unspecified atom stereocenters. The van der Waals surface area contributed by atoms with Crippen LogP contribution in [0.1, 0.15) is 0 Å². The first-order valence-electron chi connectivity index (χ1n) is 5.60. The molecule has 0 bridgehead atoms. The van der Waals surface area contributed by atoms with Crippen LogP contribution in [0.15, 0.2) is 12.7 Å². The van der Waals surface area contributed by atoms with E-state index in [1.165, 1.54) is 0 Å². The molecule has 0 radical (unpaired) electrons. The van der Waals surface area contributed by atoms with Crippen LogP contribution in [0.25, 0.3) is 0 Å². The van der Waals surface area contributed by atoms with Crippen molar-refractivity contribution in [1.29, 1.82) is 0 Å². The second-order valence-corrected chi connectivity index (χ2v) is 3.72. The Hall–Kier alpha value is -1.84. The Balaban J connectivity index is 4.06. The van der Waals surface area contributed by atoms with Crippen molar-refractivity contribution in [2.24, 2.45) is 0 Å². The predicted octanol–water partition coefficient (Wildman–Crippen LogP) is 1.36. The van der Waals surface area contributed by atoms with Crippen LogP contribution in [-0.4, -0.2) is 57.4 Å². The maximum absolute atomic E-state index is 13.1. The van der Waals surface area contributed by atoms with E-state index in [1.807, 2.05) is 5.32 Å². The zero-order chi connectivity index (χ0) is 16.5. The van der Waals surface area contributed by atoms with Crippen LogP contribution in [0.5, 0.6) is 0 Å². The molecule has 0 aliphatic carbocycles. The lowest BCUT2D eigenvalue weighted by Crippen LogP contribution is -2.48. The number of nitrogens with one attached hydrogen (secondary N) is 1. The number of methoxy groups -OCH3 is 1. The number of esters is 1. The molecule has 0 heterocycles. The van der Waals surface area contributed by atoms with Crippen molar-refractivity contribution in [1.82, 2.24) is 5.32 Å². The Bertz CT molecular complexity index is 376. The zero-order valence-corrected chi connectivity index (χ0v) is 11.2. The maximum atomic E-state index is 13.1. The predicted molar refractivity (Wildman–Crippen MR) is 62.3 cm³/mol. The van der Waals surface area contributed by atoms with E-state index in [2.05, 4.69) is 20.8 Å². The summed E-state index contributed by atoms with van der Waals surface area (Å²) in [5.41, 5.74) is 0. The van der Waals surface area contributed by atoms with E-state index in [4.69, 9.17) is 0 Å². The van der Waals surface area contributed by atoms with E-state index in [9.17, 15) is 27.2 Å². The second-order valence-electron chi connectivity index (χ2n) is 3.72. The number of carbonyl (C=O) groups is 2. The zero-order valence-electron chi connectivity index (χ0n) is 11.2. The van der Waals surface area contributed by atoms with Crippen molar-refractivity contribution in [3.8, 4) is 0 Å². The molecule has 0 saturated heterocycles. The fourth-order valence-corrected chi connectivity index (χ4v) is 0.963. The monoisotopic (exact) mass is 317 g/mol. The molecule has 0 aromatic carbocycles. The number of hydrogen-bond acceptors (Lipinski definition) is 5. The number of amides is 1. The molecule has 0 aromatic heterocycles. The van der Waals surface area contributed by atoms with Crippen LogP contribution >= 0.6 is 0 Å². The summed E-state index contributed by atoms with van der Waals surface area (Å²) >= 11 is 0. The molecule has 21 heavy (non-hydrogen) atoms. The van der Waals surface area contributed by atoms with Gasteiger partial charge in [-0.2, -0.15) is 17.6 Å².